The molecule has 0 bridgehead atoms. The molecule has 0 spiro atoms. The van der Waals surface area contributed by atoms with E-state index in [4.69, 9.17) is 5.11 Å². The van der Waals surface area contributed by atoms with Gasteiger partial charge >= 0.3 is 5.97 Å². The number of carboxylic acid groups (broad SMARTS) is 1. The van der Waals surface area contributed by atoms with E-state index < -0.39 is 5.97 Å². The zero-order valence-electron chi connectivity index (χ0n) is 11.4. The van der Waals surface area contributed by atoms with Crippen LogP contribution >= 0.6 is 11.3 Å². The van der Waals surface area contributed by atoms with Crippen LogP contribution in [0.1, 0.15) is 59.8 Å². The molecular weight excluding hydrogens is 264 g/mol. The molecule has 0 radical (unpaired) electrons. The van der Waals surface area contributed by atoms with Crippen molar-refractivity contribution >= 4 is 23.2 Å². The summed E-state index contributed by atoms with van der Waals surface area (Å²) in [6, 6.07) is 0. The van der Waals surface area contributed by atoms with Crippen molar-refractivity contribution < 1.29 is 14.7 Å². The van der Waals surface area contributed by atoms with Crippen molar-refractivity contribution in [3.05, 3.63) is 16.1 Å². The molecule has 0 saturated carbocycles. The van der Waals surface area contributed by atoms with E-state index in [-0.39, 0.29) is 16.6 Å². The summed E-state index contributed by atoms with van der Waals surface area (Å²) in [7, 11) is 0. The fourth-order valence-electron chi connectivity index (χ4n) is 1.62. The second kappa shape index (κ2) is 7.89. The summed E-state index contributed by atoms with van der Waals surface area (Å²) in [5.41, 5.74) is -0.0562. The molecule has 0 aliphatic rings. The second-order valence-electron chi connectivity index (χ2n) is 4.34. The molecule has 0 aliphatic heterocycles. The van der Waals surface area contributed by atoms with Gasteiger partial charge in [-0.3, -0.25) is 4.79 Å². The number of unbranched alkanes of at least 4 members (excludes halogenated alkanes) is 2. The van der Waals surface area contributed by atoms with Crippen LogP contribution in [0.5, 0.6) is 0 Å². The van der Waals surface area contributed by atoms with Gasteiger partial charge in [-0.15, -0.1) is 11.3 Å². The quantitative estimate of drug-likeness (QED) is 0.797. The van der Waals surface area contributed by atoms with Crippen molar-refractivity contribution in [1.82, 2.24) is 9.88 Å². The molecule has 0 fully saturated rings. The van der Waals surface area contributed by atoms with Crippen molar-refractivity contribution in [3.8, 4) is 0 Å². The van der Waals surface area contributed by atoms with Crippen molar-refractivity contribution in [1.29, 1.82) is 0 Å². The zero-order chi connectivity index (χ0) is 14.3. The Morgan fingerprint density at radius 2 is 1.84 bits per heavy atom. The van der Waals surface area contributed by atoms with E-state index in [0.29, 0.717) is 13.1 Å². The third-order valence-electron chi connectivity index (χ3n) is 2.76. The average molecular weight is 284 g/mol. The van der Waals surface area contributed by atoms with E-state index in [2.05, 4.69) is 18.8 Å². The molecule has 0 saturated heterocycles. The van der Waals surface area contributed by atoms with E-state index in [1.54, 1.807) is 4.90 Å². The Bertz CT molecular complexity index is 423. The smallest absolute Gasteiger partial charge is 0.355 e. The van der Waals surface area contributed by atoms with Gasteiger partial charge in [0.05, 0.1) is 0 Å². The van der Waals surface area contributed by atoms with Gasteiger partial charge in [-0.05, 0) is 12.8 Å². The van der Waals surface area contributed by atoms with Gasteiger partial charge in [0.2, 0.25) is 0 Å². The van der Waals surface area contributed by atoms with Crippen molar-refractivity contribution in [2.45, 2.75) is 39.5 Å². The third-order valence-corrected chi connectivity index (χ3v) is 3.59. The first-order valence-electron chi connectivity index (χ1n) is 6.58. The number of aromatic carboxylic acids is 1. The van der Waals surface area contributed by atoms with Gasteiger partial charge in [-0.25, -0.2) is 9.78 Å². The molecule has 1 rings (SSSR count). The average Bonchev–Trinajstić information content (AvgIpc) is 2.88. The summed E-state index contributed by atoms with van der Waals surface area (Å²) in [5, 5.41) is 10.5. The number of hydrogen-bond donors (Lipinski definition) is 1. The molecule has 0 atom stereocenters. The molecule has 1 aromatic rings. The minimum absolute atomic E-state index is 0.0562. The maximum absolute atomic E-state index is 12.3. The summed E-state index contributed by atoms with van der Waals surface area (Å²) in [6.45, 7) is 5.57. The maximum Gasteiger partial charge on any atom is 0.355 e. The number of aromatic nitrogens is 1. The van der Waals surface area contributed by atoms with Crippen molar-refractivity contribution in [3.63, 3.8) is 0 Å². The first kappa shape index (κ1) is 15.6. The van der Waals surface area contributed by atoms with Crippen LogP contribution in [0.15, 0.2) is 5.38 Å². The van der Waals surface area contributed by atoms with Crippen LogP contribution in [0, 0.1) is 0 Å². The Morgan fingerprint density at radius 3 is 2.26 bits per heavy atom. The fraction of sp³-hybridized carbons (Fsp3) is 0.615. The molecule has 1 N–H and O–H groups in total. The van der Waals surface area contributed by atoms with Crippen LogP contribution in [0.3, 0.4) is 0 Å². The Kier molecular flexibility index (Phi) is 6.49. The Labute approximate surface area is 117 Å². The SMILES string of the molecule is CCCCN(CCCC)C(=O)c1nc(C(=O)O)cs1. The third kappa shape index (κ3) is 4.63. The Hall–Kier alpha value is -1.43. The minimum Gasteiger partial charge on any atom is -0.476 e. The topological polar surface area (TPSA) is 70.5 Å². The predicted octanol–water partition coefficient (Wildman–Crippen LogP) is 2.88. The summed E-state index contributed by atoms with van der Waals surface area (Å²) in [5.74, 6) is -1.25. The Balaban J connectivity index is 2.75. The van der Waals surface area contributed by atoms with Crippen LogP contribution < -0.4 is 0 Å². The van der Waals surface area contributed by atoms with Gasteiger partial charge in [-0.1, -0.05) is 26.7 Å². The van der Waals surface area contributed by atoms with Crippen LogP contribution in [-0.2, 0) is 0 Å². The van der Waals surface area contributed by atoms with Crippen molar-refractivity contribution in [2.75, 3.05) is 13.1 Å². The molecule has 1 heterocycles. The van der Waals surface area contributed by atoms with E-state index in [1.807, 2.05) is 0 Å². The summed E-state index contributed by atoms with van der Waals surface area (Å²) < 4.78 is 0. The monoisotopic (exact) mass is 284 g/mol. The highest BCUT2D eigenvalue weighted by atomic mass is 32.1. The van der Waals surface area contributed by atoms with E-state index in [9.17, 15) is 9.59 Å². The molecular formula is C13H20N2O3S. The number of carboxylic acids is 1. The van der Waals surface area contributed by atoms with Gasteiger partial charge in [0.1, 0.15) is 0 Å². The lowest BCUT2D eigenvalue weighted by molar-refractivity contribution is 0.0691. The maximum atomic E-state index is 12.3. The number of thiazole rings is 1. The first-order chi connectivity index (χ1) is 9.10. The molecule has 1 amide bonds. The van der Waals surface area contributed by atoms with E-state index in [1.165, 1.54) is 5.38 Å². The number of rotatable bonds is 8. The molecule has 1 aromatic heterocycles. The summed E-state index contributed by atoms with van der Waals surface area (Å²) in [6.07, 6.45) is 3.95. The van der Waals surface area contributed by atoms with E-state index in [0.717, 1.165) is 37.0 Å². The van der Waals surface area contributed by atoms with Gasteiger partial charge < -0.3 is 10.0 Å². The Morgan fingerprint density at radius 1 is 1.26 bits per heavy atom. The highest BCUT2D eigenvalue weighted by Crippen LogP contribution is 2.14. The van der Waals surface area contributed by atoms with Gasteiger partial charge in [0.25, 0.3) is 5.91 Å². The molecule has 19 heavy (non-hydrogen) atoms. The largest absolute Gasteiger partial charge is 0.476 e. The normalized spacial score (nSPS) is 10.4. The van der Waals surface area contributed by atoms with Gasteiger partial charge in [0, 0.05) is 18.5 Å². The summed E-state index contributed by atoms with van der Waals surface area (Å²) >= 11 is 1.10. The highest BCUT2D eigenvalue weighted by molar-refractivity contribution is 7.11. The van der Waals surface area contributed by atoms with Crippen molar-refractivity contribution in [2.24, 2.45) is 0 Å². The van der Waals surface area contributed by atoms with Crippen LogP contribution in [-0.4, -0.2) is 40.0 Å². The lowest BCUT2D eigenvalue weighted by Crippen LogP contribution is -2.33. The van der Waals surface area contributed by atoms with Gasteiger partial charge in [0.15, 0.2) is 10.7 Å². The molecule has 106 valence electrons. The predicted molar refractivity (Wildman–Crippen MR) is 74.8 cm³/mol. The molecule has 5 nitrogen and oxygen atoms in total. The number of hydrogen-bond acceptors (Lipinski definition) is 4. The second-order valence-corrected chi connectivity index (χ2v) is 5.20. The lowest BCUT2D eigenvalue weighted by Gasteiger charge is -2.21. The number of carbonyl (C=O) groups is 2. The molecule has 0 aromatic carbocycles. The van der Waals surface area contributed by atoms with E-state index >= 15 is 0 Å². The highest BCUT2D eigenvalue weighted by Gasteiger charge is 2.20. The van der Waals surface area contributed by atoms with Crippen LogP contribution in [0.2, 0.25) is 0 Å². The summed E-state index contributed by atoms with van der Waals surface area (Å²) in [4.78, 5) is 28.7. The first-order valence-corrected chi connectivity index (χ1v) is 7.46. The standard InChI is InChI=1S/C13H20N2O3S/c1-3-5-7-15(8-6-4-2)12(16)11-14-10(9-19-11)13(17)18/h9H,3-8H2,1-2H3,(H,17,18). The van der Waals surface area contributed by atoms with Crippen LogP contribution in [0.4, 0.5) is 0 Å². The molecule has 6 heteroatoms. The molecule has 0 unspecified atom stereocenters. The lowest BCUT2D eigenvalue weighted by atomic mass is 10.2. The minimum atomic E-state index is -1.09. The zero-order valence-corrected chi connectivity index (χ0v) is 12.2. The molecule has 0 aliphatic carbocycles. The number of amides is 1. The number of nitrogens with zero attached hydrogens (tertiary/aromatic N) is 2. The number of carbonyl (C=O) groups excluding carboxylic acids is 1. The fourth-order valence-corrected chi connectivity index (χ4v) is 2.38. The van der Waals surface area contributed by atoms with Crippen LogP contribution in [0.25, 0.3) is 0 Å². The van der Waals surface area contributed by atoms with Gasteiger partial charge in [-0.2, -0.15) is 0 Å².